The first-order valence-electron chi connectivity index (χ1n) is 11.1. The van der Waals surface area contributed by atoms with E-state index in [1.54, 1.807) is 0 Å². The van der Waals surface area contributed by atoms with Crippen molar-refractivity contribution < 1.29 is 4.79 Å². The van der Waals surface area contributed by atoms with Crippen LogP contribution >= 0.6 is 0 Å². The first-order valence-corrected chi connectivity index (χ1v) is 11.1. The maximum atomic E-state index is 14.0. The highest BCUT2D eigenvalue weighted by Crippen LogP contribution is 2.55. The van der Waals surface area contributed by atoms with Gasteiger partial charge in [0.05, 0.1) is 28.1 Å². The lowest BCUT2D eigenvalue weighted by atomic mass is 9.68. The number of benzene rings is 3. The van der Waals surface area contributed by atoms with Crippen LogP contribution < -0.4 is 16.2 Å². The molecule has 7 heteroatoms. The van der Waals surface area contributed by atoms with Crippen LogP contribution in [0.2, 0.25) is 0 Å². The highest BCUT2D eigenvalue weighted by atomic mass is 16.2. The molecular weight excluding hydrogens is 426 g/mol. The molecule has 0 fully saturated rings. The highest BCUT2D eigenvalue weighted by Gasteiger charge is 2.57. The minimum atomic E-state index is -1.33. The van der Waals surface area contributed by atoms with Gasteiger partial charge in [0.15, 0.2) is 0 Å². The topological polar surface area (TPSA) is 91.8 Å². The van der Waals surface area contributed by atoms with E-state index < -0.39 is 5.41 Å². The van der Waals surface area contributed by atoms with Gasteiger partial charge in [0.2, 0.25) is 5.91 Å². The van der Waals surface area contributed by atoms with E-state index in [0.29, 0.717) is 39.5 Å². The summed E-state index contributed by atoms with van der Waals surface area (Å²) in [5.41, 5.74) is 3.75. The van der Waals surface area contributed by atoms with Gasteiger partial charge < -0.3 is 15.6 Å². The number of hydrogen-bond acceptors (Lipinski definition) is 4. The molecule has 1 atom stereocenters. The number of H-pyrrole nitrogens is 1. The second kappa shape index (κ2) is 6.45. The number of anilines is 3. The summed E-state index contributed by atoms with van der Waals surface area (Å²) in [6.07, 6.45) is 0. The number of amides is 1. The Morgan fingerprint density at radius 3 is 2.41 bits per heavy atom. The molecule has 0 saturated heterocycles. The summed E-state index contributed by atoms with van der Waals surface area (Å²) < 4.78 is 1.82. The zero-order chi connectivity index (χ0) is 23.0. The summed E-state index contributed by atoms with van der Waals surface area (Å²) in [6.45, 7) is 1.89. The maximum absolute atomic E-state index is 14.0. The number of aromatic amines is 1. The first kappa shape index (κ1) is 18.9. The van der Waals surface area contributed by atoms with Gasteiger partial charge in [0.25, 0.3) is 5.56 Å². The summed E-state index contributed by atoms with van der Waals surface area (Å²) in [6, 6.07) is 25.0. The predicted octanol–water partition coefficient (Wildman–Crippen LogP) is 4.37. The Hall–Kier alpha value is -4.65. The van der Waals surface area contributed by atoms with Gasteiger partial charge in [-0.15, -0.1) is 0 Å². The van der Waals surface area contributed by atoms with E-state index in [1.165, 1.54) is 0 Å². The van der Waals surface area contributed by atoms with Gasteiger partial charge in [0.1, 0.15) is 11.2 Å². The largest absolute Gasteiger partial charge is 0.339 e. The molecule has 34 heavy (non-hydrogen) atoms. The van der Waals surface area contributed by atoms with Crippen LogP contribution in [0.3, 0.4) is 0 Å². The monoisotopic (exact) mass is 445 g/mol. The van der Waals surface area contributed by atoms with Crippen molar-refractivity contribution in [3.63, 3.8) is 0 Å². The van der Waals surface area contributed by atoms with Crippen LogP contribution in [-0.4, -0.2) is 20.7 Å². The number of para-hydroxylation sites is 3. The number of pyridine rings is 1. The van der Waals surface area contributed by atoms with E-state index in [9.17, 15) is 9.59 Å². The van der Waals surface area contributed by atoms with E-state index in [1.807, 2.05) is 90.5 Å². The fraction of sp³-hybridized carbons (Fsp3) is 0.0741. The van der Waals surface area contributed by atoms with Crippen molar-refractivity contribution in [2.75, 3.05) is 10.6 Å². The maximum Gasteiger partial charge on any atom is 0.255 e. The Labute approximate surface area is 194 Å². The van der Waals surface area contributed by atoms with Gasteiger partial charge in [-0.3, -0.25) is 9.59 Å². The number of nitrogens with one attached hydrogen (secondary N) is 3. The van der Waals surface area contributed by atoms with Crippen LogP contribution in [0.1, 0.15) is 22.4 Å². The molecule has 1 amide bonds. The average Bonchev–Trinajstić information content (AvgIpc) is 3.34. The summed E-state index contributed by atoms with van der Waals surface area (Å²) in [5.74, 6) is 0.424. The van der Waals surface area contributed by atoms with Crippen LogP contribution in [0.15, 0.2) is 83.7 Å². The van der Waals surface area contributed by atoms with Crippen LogP contribution in [0.5, 0.6) is 0 Å². The van der Waals surface area contributed by atoms with Gasteiger partial charge >= 0.3 is 0 Å². The molecule has 7 nitrogen and oxygen atoms in total. The number of carbonyl (C=O) groups is 1. The molecule has 0 unspecified atom stereocenters. The Morgan fingerprint density at radius 2 is 1.56 bits per heavy atom. The number of aryl methyl sites for hydroxylation is 1. The number of aromatic nitrogens is 3. The average molecular weight is 445 g/mol. The number of rotatable bonds is 1. The van der Waals surface area contributed by atoms with Gasteiger partial charge in [0, 0.05) is 22.2 Å². The lowest BCUT2D eigenvalue weighted by Crippen LogP contribution is -2.45. The van der Waals surface area contributed by atoms with Gasteiger partial charge in [-0.2, -0.15) is 5.10 Å². The predicted molar refractivity (Wildman–Crippen MR) is 131 cm³/mol. The Morgan fingerprint density at radius 1 is 0.824 bits per heavy atom. The van der Waals surface area contributed by atoms with Crippen molar-refractivity contribution in [3.8, 4) is 5.69 Å². The summed E-state index contributed by atoms with van der Waals surface area (Å²) in [7, 11) is 0. The smallest absolute Gasteiger partial charge is 0.255 e. The molecular formula is C27H19N5O2. The minimum Gasteiger partial charge on any atom is -0.339 e. The molecule has 4 heterocycles. The third-order valence-corrected chi connectivity index (χ3v) is 6.90. The molecule has 0 bridgehead atoms. The normalized spacial score (nSPS) is 17.7. The number of fused-ring (bicyclic) bond motifs is 8. The SMILES string of the molecule is Cc1nn(-c2ccccc2)c2c1[C@]1(C(=O)Nc3ccccc31)c1c(c3ccccc3[nH]c1=O)N2. The van der Waals surface area contributed by atoms with Crippen molar-refractivity contribution in [1.29, 1.82) is 0 Å². The van der Waals surface area contributed by atoms with Crippen molar-refractivity contribution >= 4 is 34.0 Å². The third-order valence-electron chi connectivity index (χ3n) is 6.90. The molecule has 3 N–H and O–H groups in total. The molecule has 0 saturated carbocycles. The molecule has 164 valence electrons. The number of carbonyl (C=O) groups excluding carboxylic acids is 1. The molecule has 1 spiro atoms. The summed E-state index contributed by atoms with van der Waals surface area (Å²) in [4.78, 5) is 30.7. The third kappa shape index (κ3) is 2.18. The van der Waals surface area contributed by atoms with Crippen molar-refractivity contribution in [1.82, 2.24) is 14.8 Å². The lowest BCUT2D eigenvalue weighted by molar-refractivity contribution is -0.118. The summed E-state index contributed by atoms with van der Waals surface area (Å²) in [5, 5.41) is 12.2. The zero-order valence-electron chi connectivity index (χ0n) is 18.2. The van der Waals surface area contributed by atoms with Crippen LogP contribution in [-0.2, 0) is 10.2 Å². The van der Waals surface area contributed by atoms with Crippen molar-refractivity contribution in [2.45, 2.75) is 12.3 Å². The minimum absolute atomic E-state index is 0.255. The molecule has 5 aromatic rings. The lowest BCUT2D eigenvalue weighted by Gasteiger charge is -2.35. The van der Waals surface area contributed by atoms with Crippen LogP contribution in [0.25, 0.3) is 16.6 Å². The van der Waals surface area contributed by atoms with Gasteiger partial charge in [-0.05, 0) is 31.2 Å². The fourth-order valence-corrected chi connectivity index (χ4v) is 5.58. The van der Waals surface area contributed by atoms with E-state index in [2.05, 4.69) is 15.6 Å². The van der Waals surface area contributed by atoms with E-state index in [4.69, 9.17) is 5.10 Å². The Balaban J connectivity index is 1.69. The molecule has 2 aliphatic heterocycles. The quantitative estimate of drug-likeness (QED) is 0.357. The Bertz CT molecular complexity index is 1720. The fourth-order valence-electron chi connectivity index (χ4n) is 5.58. The first-order chi connectivity index (χ1) is 16.6. The molecule has 7 rings (SSSR count). The van der Waals surface area contributed by atoms with E-state index >= 15 is 0 Å². The molecule has 2 aliphatic rings. The second-order valence-electron chi connectivity index (χ2n) is 8.68. The van der Waals surface area contributed by atoms with Crippen molar-refractivity contribution in [3.05, 3.63) is 112 Å². The highest BCUT2D eigenvalue weighted by molar-refractivity contribution is 6.16. The summed E-state index contributed by atoms with van der Waals surface area (Å²) >= 11 is 0. The van der Waals surface area contributed by atoms with Gasteiger partial charge in [-0.1, -0.05) is 54.6 Å². The van der Waals surface area contributed by atoms with E-state index in [0.717, 1.165) is 16.6 Å². The Kier molecular flexibility index (Phi) is 3.58. The van der Waals surface area contributed by atoms with Crippen LogP contribution in [0.4, 0.5) is 17.2 Å². The molecule has 2 aromatic heterocycles. The second-order valence-corrected chi connectivity index (χ2v) is 8.68. The zero-order valence-corrected chi connectivity index (χ0v) is 18.2. The van der Waals surface area contributed by atoms with Crippen molar-refractivity contribution in [2.24, 2.45) is 0 Å². The van der Waals surface area contributed by atoms with Crippen LogP contribution in [0, 0.1) is 6.92 Å². The standard InChI is InChI=1S/C27H19N5O2/c1-15-21-24(32(31-15)16-9-3-2-4-10-16)30-23-17-11-5-7-13-19(17)28-25(33)22(23)27(21)18-12-6-8-14-20(18)29-26(27)34/h2-14,30H,1H3,(H,28,33)(H,29,34)/t27-/m0/s1. The molecule has 3 aromatic carbocycles. The number of nitrogens with zero attached hydrogens (tertiary/aromatic N) is 2. The molecule has 0 radical (unpaired) electrons. The number of hydrogen-bond donors (Lipinski definition) is 3. The van der Waals surface area contributed by atoms with Gasteiger partial charge in [-0.25, -0.2) is 4.68 Å². The van der Waals surface area contributed by atoms with E-state index in [-0.39, 0.29) is 11.5 Å². The molecule has 0 aliphatic carbocycles.